The van der Waals surface area contributed by atoms with Crippen LogP contribution in [0.4, 0.5) is 0 Å². The first-order chi connectivity index (χ1) is 26.2. The predicted octanol–water partition coefficient (Wildman–Crippen LogP) is 5.23. The molecule has 1 aliphatic rings. The minimum absolute atomic E-state index is 0. The van der Waals surface area contributed by atoms with E-state index in [2.05, 4.69) is 32.6 Å². The van der Waals surface area contributed by atoms with Gasteiger partial charge in [-0.15, -0.1) is 0 Å². The van der Waals surface area contributed by atoms with Crippen LogP contribution in [0.15, 0.2) is 97.3 Å². The third-order valence-corrected chi connectivity index (χ3v) is 8.51. The topological polar surface area (TPSA) is 125 Å². The zero-order chi connectivity index (χ0) is 39.4. The Morgan fingerprint density at radius 2 is 1.11 bits per heavy atom. The van der Waals surface area contributed by atoms with Crippen molar-refractivity contribution in [1.82, 2.24) is 19.8 Å². The van der Waals surface area contributed by atoms with Crippen molar-refractivity contribution in [3.05, 3.63) is 120 Å². The van der Waals surface area contributed by atoms with Crippen LogP contribution in [0, 0.1) is 0 Å². The van der Waals surface area contributed by atoms with Crippen molar-refractivity contribution in [2.45, 2.75) is 13.6 Å². The molecule has 12 nitrogen and oxygen atoms in total. The number of Topliss-reactive ketones (excluding diaryl/α,β-unsaturated/α-hetero) is 1. The van der Waals surface area contributed by atoms with E-state index in [1.54, 1.807) is 30.5 Å². The Labute approximate surface area is 367 Å². The van der Waals surface area contributed by atoms with Crippen LogP contribution in [0.1, 0.15) is 41.0 Å². The van der Waals surface area contributed by atoms with Gasteiger partial charge >= 0.3 is 29.6 Å². The number of alkyl halides is 1. The van der Waals surface area contributed by atoms with Gasteiger partial charge in [0.1, 0.15) is 0 Å². The number of H-pyrrole nitrogens is 1. The molecule has 0 radical (unpaired) electrons. The number of likely N-dealkylation sites (N-methyl/N-ethyl adjacent to an activating group) is 2. The molecule has 56 heavy (non-hydrogen) atoms. The smallest absolute Gasteiger partial charge is 1.00 e. The van der Waals surface area contributed by atoms with Crippen molar-refractivity contribution in [3.8, 4) is 45.8 Å². The Bertz CT molecular complexity index is 2020. The van der Waals surface area contributed by atoms with E-state index >= 15 is 0 Å². The minimum Gasteiger partial charge on any atom is -1.00 e. The molecule has 0 saturated heterocycles. The number of imidazole rings is 1. The first-order valence-electron chi connectivity index (χ1n) is 16.6. The van der Waals surface area contributed by atoms with Gasteiger partial charge in [0.2, 0.25) is 23.1 Å². The van der Waals surface area contributed by atoms with Gasteiger partial charge < -0.3 is 44.6 Å². The van der Waals surface area contributed by atoms with Gasteiger partial charge in [-0.25, -0.2) is 4.98 Å². The van der Waals surface area contributed by atoms with Crippen molar-refractivity contribution in [2.24, 2.45) is 0 Å². The Kier molecular flexibility index (Phi) is 19.3. The number of methoxy groups -OCH3 is 6. The summed E-state index contributed by atoms with van der Waals surface area (Å²) in [6, 6.07) is 26.3. The summed E-state index contributed by atoms with van der Waals surface area (Å²) >= 11 is 2.15. The zero-order valence-corrected chi connectivity index (χ0v) is 37.0. The fourth-order valence-corrected chi connectivity index (χ4v) is 5.93. The maximum absolute atomic E-state index is 13.3. The van der Waals surface area contributed by atoms with Crippen LogP contribution >= 0.6 is 22.6 Å². The van der Waals surface area contributed by atoms with E-state index < -0.39 is 6.17 Å². The second kappa shape index (κ2) is 22.8. The first-order valence-corrected chi connectivity index (χ1v) is 18.7. The maximum atomic E-state index is 13.3. The van der Waals surface area contributed by atoms with Crippen LogP contribution in [0.3, 0.4) is 0 Å². The number of ketones is 2. The number of hydrogen-bond acceptors (Lipinski definition) is 11. The van der Waals surface area contributed by atoms with E-state index in [9.17, 15) is 9.59 Å². The summed E-state index contributed by atoms with van der Waals surface area (Å²) in [5.74, 6) is 2.58. The van der Waals surface area contributed by atoms with Crippen LogP contribution in [0.25, 0.3) is 17.0 Å². The molecule has 5 aromatic rings. The molecule has 14 heteroatoms. The number of ether oxygens (including phenoxy) is 6. The largest absolute Gasteiger partial charge is 1.00 e. The molecule has 1 aromatic heterocycles. The van der Waals surface area contributed by atoms with Crippen molar-refractivity contribution >= 4 is 39.9 Å². The zero-order valence-electron chi connectivity index (χ0n) is 33.8. The molecule has 294 valence electrons. The van der Waals surface area contributed by atoms with E-state index in [-0.39, 0.29) is 55.8 Å². The molecule has 0 bridgehead atoms. The van der Waals surface area contributed by atoms with Gasteiger partial charge in [0.25, 0.3) is 0 Å². The maximum Gasteiger partial charge on any atom is 1.00 e. The molecule has 6 rings (SSSR count). The number of aromatic amines is 1. The third kappa shape index (κ3) is 10.6. The average molecular weight is 889 g/mol. The summed E-state index contributed by atoms with van der Waals surface area (Å²) in [7, 11) is 13.0. The van der Waals surface area contributed by atoms with E-state index in [4.69, 9.17) is 28.4 Å². The van der Waals surface area contributed by atoms with Gasteiger partial charge in [0, 0.05) is 31.4 Å². The molecule has 1 unspecified atom stereocenters. The number of rotatable bonds is 12. The number of nitrogens with zero attached hydrogens (tertiary/aromatic N) is 3. The summed E-state index contributed by atoms with van der Waals surface area (Å²) in [5.41, 5.74) is 4.67. The molecular weight excluding hydrogens is 838 g/mol. The van der Waals surface area contributed by atoms with Crippen molar-refractivity contribution in [3.63, 3.8) is 0 Å². The number of hydrogen-bond donors (Lipinski definition) is 1. The van der Waals surface area contributed by atoms with Gasteiger partial charge in [-0.2, -0.15) is 0 Å². The number of carbonyl (C=O) groups is 2. The van der Waals surface area contributed by atoms with Crippen LogP contribution < -0.4 is 58.0 Å². The average Bonchev–Trinajstić information content (AvgIpc) is 3.84. The third-order valence-electron chi connectivity index (χ3n) is 8.51. The standard InChI is InChI=1S/C21H24N2O4.C19H18N2O4.CH3I.CH4.Na.H/c1-22-13-16(14-9-7-6-8-10-14)23(2)21(22)19(24)15-11-17(25-3)20(27-5)18(12-15)26-4;1-23-15-9-13(10-16(24-2)18(15)25-3)17(22)19-20-11-14(21-19)12-7-5-4-6-8-12;1-2;;;/h6-13,21H,1-5H3;4-11H,1-3H3,(H,20,21);1H3;1H4;;/q;;;;+1;-1. The number of aromatic nitrogens is 2. The van der Waals surface area contributed by atoms with Gasteiger partial charge in [-0.1, -0.05) is 90.7 Å². The Morgan fingerprint density at radius 1 is 0.679 bits per heavy atom. The molecule has 1 N–H and O–H groups in total. The number of benzene rings is 4. The summed E-state index contributed by atoms with van der Waals surface area (Å²) in [5, 5.41) is 0. The molecule has 0 spiro atoms. The van der Waals surface area contributed by atoms with Gasteiger partial charge in [0.15, 0.2) is 35.0 Å². The Hall–Kier alpha value is -4.70. The molecule has 2 heterocycles. The molecule has 0 aliphatic carbocycles. The monoisotopic (exact) mass is 888 g/mol. The molecule has 1 atom stereocenters. The SMILES string of the molecule is C.CI.COc1cc(C(=O)C2N(C)C=C(c3ccccc3)N2C)cc(OC)c1OC.COc1cc(C(=O)c2ncc(-c3ccccc3)[nH]2)cc(OC)c1OC.[H-].[Na+]. The fourth-order valence-electron chi connectivity index (χ4n) is 5.93. The fraction of sp³-hybridized carbons (Fsp3) is 0.262. The molecular formula is C42H50IN4NaO8. The summed E-state index contributed by atoms with van der Waals surface area (Å²) in [6.07, 6.45) is 3.17. The number of halogens is 1. The van der Waals surface area contributed by atoms with Gasteiger partial charge in [-0.05, 0) is 40.3 Å². The van der Waals surface area contributed by atoms with Gasteiger partial charge in [-0.3, -0.25) is 9.59 Å². The van der Waals surface area contributed by atoms with Crippen LogP contribution in [-0.4, -0.2) is 99.2 Å². The van der Waals surface area contributed by atoms with Gasteiger partial charge in [0.05, 0.1) is 60.2 Å². The van der Waals surface area contributed by atoms with E-state index in [0.29, 0.717) is 45.6 Å². The number of nitrogens with one attached hydrogen (secondary N) is 1. The van der Waals surface area contributed by atoms with E-state index in [1.807, 2.05) is 95.7 Å². The summed E-state index contributed by atoms with van der Waals surface area (Å²) in [4.78, 5) is 39.2. The first kappa shape index (κ1) is 47.5. The van der Waals surface area contributed by atoms with E-state index in [1.165, 1.54) is 42.7 Å². The summed E-state index contributed by atoms with van der Waals surface area (Å²) < 4.78 is 32.0. The molecule has 1 aliphatic heterocycles. The minimum atomic E-state index is -0.456. The van der Waals surface area contributed by atoms with Crippen LogP contribution in [0.2, 0.25) is 0 Å². The Balaban J connectivity index is 0.000000521. The predicted molar refractivity (Wildman–Crippen MR) is 226 cm³/mol. The molecule has 0 amide bonds. The Morgan fingerprint density at radius 3 is 1.54 bits per heavy atom. The van der Waals surface area contributed by atoms with Crippen molar-refractivity contribution in [2.75, 3.05) is 61.7 Å². The van der Waals surface area contributed by atoms with Crippen molar-refractivity contribution < 1.29 is 69.0 Å². The summed E-state index contributed by atoms with van der Waals surface area (Å²) in [6.45, 7) is 0. The normalized spacial score (nSPS) is 12.5. The van der Waals surface area contributed by atoms with Crippen LogP contribution in [-0.2, 0) is 0 Å². The molecule has 4 aromatic carbocycles. The second-order valence-electron chi connectivity index (χ2n) is 11.6. The van der Waals surface area contributed by atoms with Crippen molar-refractivity contribution in [1.29, 1.82) is 0 Å². The second-order valence-corrected chi connectivity index (χ2v) is 11.6. The van der Waals surface area contributed by atoms with Crippen LogP contribution in [0.5, 0.6) is 34.5 Å². The number of carbonyl (C=O) groups excluding carboxylic acids is 2. The molecule has 0 fully saturated rings. The molecule has 0 saturated carbocycles. The van der Waals surface area contributed by atoms with E-state index in [0.717, 1.165) is 22.5 Å². The quantitative estimate of drug-likeness (QED) is 0.0767.